The molecule has 3 aliphatic carbocycles. The summed E-state index contributed by atoms with van der Waals surface area (Å²) in [4.78, 5) is 8.54. The van der Waals surface area contributed by atoms with Gasteiger partial charge in [0.2, 0.25) is 11.7 Å². The summed E-state index contributed by atoms with van der Waals surface area (Å²) in [5, 5.41) is 1.78. The Kier molecular flexibility index (Phi) is 3.93. The van der Waals surface area contributed by atoms with E-state index in [2.05, 4.69) is 22.1 Å². The number of halogens is 1. The van der Waals surface area contributed by atoms with Crippen molar-refractivity contribution in [2.24, 2.45) is 17.8 Å². The second kappa shape index (κ2) is 6.65. The van der Waals surface area contributed by atoms with Gasteiger partial charge in [0.1, 0.15) is 5.58 Å². The van der Waals surface area contributed by atoms with E-state index < -0.39 is 5.95 Å². The molecular weight excluding hydrogens is 363 g/mol. The second-order valence-electron chi connectivity index (χ2n) is 8.80. The maximum absolute atomic E-state index is 13.5. The van der Waals surface area contributed by atoms with Gasteiger partial charge in [-0.1, -0.05) is 25.0 Å². The van der Waals surface area contributed by atoms with E-state index in [4.69, 9.17) is 4.42 Å². The zero-order chi connectivity index (χ0) is 19.4. The molecule has 146 valence electrons. The van der Waals surface area contributed by atoms with E-state index in [1.54, 1.807) is 6.07 Å². The second-order valence-corrected chi connectivity index (χ2v) is 8.80. The van der Waals surface area contributed by atoms with Gasteiger partial charge in [0.15, 0.2) is 0 Å². The van der Waals surface area contributed by atoms with Crippen molar-refractivity contribution in [2.75, 3.05) is 0 Å². The summed E-state index contributed by atoms with van der Waals surface area (Å²) in [6.45, 7) is 0. The van der Waals surface area contributed by atoms with E-state index in [9.17, 15) is 4.39 Å². The number of para-hydroxylation sites is 1. The fourth-order valence-electron chi connectivity index (χ4n) is 5.68. The molecule has 3 nitrogen and oxygen atoms in total. The van der Waals surface area contributed by atoms with Gasteiger partial charge in [0.25, 0.3) is 0 Å². The van der Waals surface area contributed by atoms with Crippen LogP contribution < -0.4 is 0 Å². The molecule has 1 aromatic carbocycles. The number of benzene rings is 1. The lowest BCUT2D eigenvalue weighted by atomic mass is 9.63. The van der Waals surface area contributed by atoms with Crippen molar-refractivity contribution >= 4 is 22.1 Å². The summed E-state index contributed by atoms with van der Waals surface area (Å²) in [6, 6.07) is 13.5. The predicted molar refractivity (Wildman–Crippen MR) is 112 cm³/mol. The number of hydrogen-bond donors (Lipinski definition) is 0. The first-order chi connectivity index (χ1) is 14.2. The molecule has 7 rings (SSSR count). The first-order valence-electron chi connectivity index (χ1n) is 10.7. The maximum atomic E-state index is 13.5. The summed E-state index contributed by atoms with van der Waals surface area (Å²) in [5.41, 5.74) is 4.26. The van der Waals surface area contributed by atoms with E-state index in [1.807, 2.05) is 24.4 Å². The van der Waals surface area contributed by atoms with E-state index in [0.717, 1.165) is 51.8 Å². The van der Waals surface area contributed by atoms with Crippen molar-refractivity contribution < 1.29 is 8.81 Å². The van der Waals surface area contributed by atoms with Crippen LogP contribution in [0.2, 0.25) is 0 Å². The standard InChI is InChI=1S/C25H23FN2O/c26-23-9-8-20-19-2-1-3-21(24(19)29-25(20)28-23)22-14-16(10-11-27-22)13-18-12-15-4-6-17(18)7-5-15/h1-3,8-11,14-15,17-18H,4-7,12-13H2. The third-order valence-electron chi connectivity index (χ3n) is 7.12. The number of hydrogen-bond acceptors (Lipinski definition) is 3. The molecule has 3 aliphatic rings. The third kappa shape index (κ3) is 2.93. The lowest BCUT2D eigenvalue weighted by Crippen LogP contribution is -2.32. The number of furan rings is 1. The lowest BCUT2D eigenvalue weighted by molar-refractivity contribution is 0.0991. The highest BCUT2D eigenvalue weighted by atomic mass is 19.1. The number of nitrogens with zero attached hydrogens (tertiary/aromatic N) is 2. The molecule has 3 aromatic heterocycles. The minimum atomic E-state index is -0.528. The molecule has 0 radical (unpaired) electrons. The molecule has 0 spiro atoms. The fraction of sp³-hybridized carbons (Fsp3) is 0.360. The summed E-state index contributed by atoms with van der Waals surface area (Å²) >= 11 is 0. The minimum Gasteiger partial charge on any atom is -0.437 e. The third-order valence-corrected chi connectivity index (χ3v) is 7.12. The van der Waals surface area contributed by atoms with Crippen LogP contribution in [0.4, 0.5) is 4.39 Å². The Morgan fingerprint density at radius 2 is 1.90 bits per heavy atom. The van der Waals surface area contributed by atoms with Crippen LogP contribution in [0.3, 0.4) is 0 Å². The average Bonchev–Trinajstić information content (AvgIpc) is 3.12. The molecule has 1 unspecified atom stereocenters. The molecule has 0 N–H and O–H groups in total. The van der Waals surface area contributed by atoms with Crippen molar-refractivity contribution in [3.8, 4) is 11.3 Å². The van der Waals surface area contributed by atoms with Gasteiger partial charge in [-0.25, -0.2) is 0 Å². The van der Waals surface area contributed by atoms with Crippen LogP contribution in [0.15, 0.2) is 53.1 Å². The molecule has 3 saturated carbocycles. The Morgan fingerprint density at radius 1 is 1.00 bits per heavy atom. The Bertz CT molecular complexity index is 1210. The summed E-state index contributed by atoms with van der Waals surface area (Å²) < 4.78 is 19.5. The summed E-state index contributed by atoms with van der Waals surface area (Å²) in [5.74, 6) is 2.13. The molecule has 29 heavy (non-hydrogen) atoms. The zero-order valence-electron chi connectivity index (χ0n) is 16.3. The average molecular weight is 386 g/mol. The topological polar surface area (TPSA) is 38.9 Å². The molecule has 3 heterocycles. The monoisotopic (exact) mass is 386 g/mol. The van der Waals surface area contributed by atoms with Gasteiger partial charge in [0, 0.05) is 22.5 Å². The van der Waals surface area contributed by atoms with Crippen LogP contribution >= 0.6 is 0 Å². The molecular formula is C25H23FN2O. The van der Waals surface area contributed by atoms with Gasteiger partial charge in [-0.05, 0) is 79.3 Å². The van der Waals surface area contributed by atoms with Crippen LogP contribution in [0, 0.1) is 23.7 Å². The van der Waals surface area contributed by atoms with Gasteiger partial charge < -0.3 is 4.42 Å². The molecule has 3 fully saturated rings. The van der Waals surface area contributed by atoms with Crippen LogP contribution in [-0.2, 0) is 6.42 Å². The Labute approximate surface area is 169 Å². The van der Waals surface area contributed by atoms with Crippen molar-refractivity contribution in [1.82, 2.24) is 9.97 Å². The van der Waals surface area contributed by atoms with Crippen LogP contribution in [0.25, 0.3) is 33.3 Å². The van der Waals surface area contributed by atoms with E-state index >= 15 is 0 Å². The fourth-order valence-corrected chi connectivity index (χ4v) is 5.68. The molecule has 0 amide bonds. The molecule has 0 aliphatic heterocycles. The van der Waals surface area contributed by atoms with Crippen LogP contribution in [0.5, 0.6) is 0 Å². The van der Waals surface area contributed by atoms with Gasteiger partial charge in [0.05, 0.1) is 5.69 Å². The predicted octanol–water partition coefficient (Wildman–Crippen LogP) is 6.55. The molecule has 4 aromatic rings. The Morgan fingerprint density at radius 3 is 2.72 bits per heavy atom. The van der Waals surface area contributed by atoms with Gasteiger partial charge in [-0.15, -0.1) is 0 Å². The first-order valence-corrected chi connectivity index (χ1v) is 10.7. The van der Waals surface area contributed by atoms with Crippen molar-refractivity contribution in [2.45, 2.75) is 38.5 Å². The van der Waals surface area contributed by atoms with E-state index in [-0.39, 0.29) is 0 Å². The highest BCUT2D eigenvalue weighted by Gasteiger charge is 2.35. The first kappa shape index (κ1) is 17.1. The van der Waals surface area contributed by atoms with Gasteiger partial charge in [-0.2, -0.15) is 9.37 Å². The van der Waals surface area contributed by atoms with Gasteiger partial charge in [-0.3, -0.25) is 4.98 Å². The molecule has 1 atom stereocenters. The Hall–Kier alpha value is -2.75. The zero-order valence-corrected chi connectivity index (χ0v) is 16.3. The number of rotatable bonds is 3. The van der Waals surface area contributed by atoms with E-state index in [0.29, 0.717) is 5.71 Å². The van der Waals surface area contributed by atoms with Crippen LogP contribution in [0.1, 0.15) is 37.7 Å². The summed E-state index contributed by atoms with van der Waals surface area (Å²) in [7, 11) is 0. The minimum absolute atomic E-state index is 0.335. The van der Waals surface area contributed by atoms with Crippen molar-refractivity contribution in [3.63, 3.8) is 0 Å². The lowest BCUT2D eigenvalue weighted by Gasteiger charge is -2.42. The number of pyridine rings is 2. The van der Waals surface area contributed by atoms with Crippen molar-refractivity contribution in [1.29, 1.82) is 0 Å². The smallest absolute Gasteiger partial charge is 0.229 e. The number of fused-ring (bicyclic) bond motifs is 6. The normalized spacial score (nSPS) is 23.8. The molecule has 0 saturated heterocycles. The maximum Gasteiger partial charge on any atom is 0.229 e. The number of aromatic nitrogens is 2. The van der Waals surface area contributed by atoms with Gasteiger partial charge >= 0.3 is 0 Å². The highest BCUT2D eigenvalue weighted by molar-refractivity contribution is 6.08. The summed E-state index contributed by atoms with van der Waals surface area (Å²) in [6.07, 6.45) is 10.1. The quantitative estimate of drug-likeness (QED) is 0.375. The van der Waals surface area contributed by atoms with E-state index in [1.165, 1.54) is 43.7 Å². The molecule has 4 heteroatoms. The molecule has 2 bridgehead atoms. The SMILES string of the molecule is Fc1ccc2c(n1)oc1c(-c3cc(CC4CC5CCC4CC5)ccn3)cccc12. The van der Waals surface area contributed by atoms with Crippen molar-refractivity contribution in [3.05, 3.63) is 60.2 Å². The largest absolute Gasteiger partial charge is 0.437 e. The highest BCUT2D eigenvalue weighted by Crippen LogP contribution is 2.46. The Balaban J connectivity index is 1.39. The van der Waals surface area contributed by atoms with Crippen LogP contribution in [-0.4, -0.2) is 9.97 Å².